The predicted octanol–water partition coefficient (Wildman–Crippen LogP) is -8.88. The number of carbonyl (C=O) groups is 25. The zero-order valence-corrected chi connectivity index (χ0v) is 81.6. The lowest BCUT2D eigenvalue weighted by molar-refractivity contribution is -0.151. The second-order valence-electron chi connectivity index (χ2n) is 37.1. The molecule has 54 heteroatoms. The molecule has 1 aromatic carbocycles. The number of aromatic hydroxyl groups is 1. The second-order valence-corrected chi connectivity index (χ2v) is 37.1. The third kappa shape index (κ3) is 36.5. The number of nitrogens with zero attached hydrogens (tertiary/aromatic N) is 5. The number of hydrogen-bond donors (Lipinski definition) is 24. The monoisotopic (exact) mass is 2030 g/mol. The highest BCUT2D eigenvalue weighted by atomic mass is 16.4. The van der Waals surface area contributed by atoms with Crippen LogP contribution in [0.1, 0.15) is 196 Å². The summed E-state index contributed by atoms with van der Waals surface area (Å²) in [6, 6.07) is -22.3. The van der Waals surface area contributed by atoms with Gasteiger partial charge in [0.2, 0.25) is 130 Å². The summed E-state index contributed by atoms with van der Waals surface area (Å²) in [7, 11) is 0. The Bertz CT molecular complexity index is 5020. The molecule has 5 heterocycles. The number of aromatic amines is 1. The summed E-state index contributed by atoms with van der Waals surface area (Å²) in [5.74, 6) is -28.2. The van der Waals surface area contributed by atoms with E-state index in [1.54, 1.807) is 41.5 Å². The van der Waals surface area contributed by atoms with E-state index in [1.807, 2.05) is 0 Å². The number of imidazole rings is 1. The maximum absolute atomic E-state index is 14.8. The highest BCUT2D eigenvalue weighted by molar-refractivity contribution is 6.04. The number of aliphatic carboxylic acids is 3. The van der Waals surface area contributed by atoms with Crippen LogP contribution in [0, 0.1) is 17.8 Å². The Morgan fingerprint density at radius 2 is 0.785 bits per heavy atom. The van der Waals surface area contributed by atoms with E-state index < -0.39 is 333 Å². The van der Waals surface area contributed by atoms with E-state index in [0.717, 1.165) is 18.7 Å². The minimum Gasteiger partial charge on any atom is -0.508 e. The van der Waals surface area contributed by atoms with Gasteiger partial charge in [-0.05, 0) is 133 Å². The van der Waals surface area contributed by atoms with Crippen LogP contribution >= 0.6 is 0 Å². The van der Waals surface area contributed by atoms with Crippen molar-refractivity contribution in [1.29, 1.82) is 0 Å². The summed E-state index contributed by atoms with van der Waals surface area (Å²) in [6.45, 7) is 12.7. The summed E-state index contributed by atoms with van der Waals surface area (Å²) < 4.78 is 0. The number of carboxylic acids is 3. The Morgan fingerprint density at radius 3 is 1.24 bits per heavy atom. The van der Waals surface area contributed by atoms with Crippen LogP contribution in [0.15, 0.2) is 36.8 Å². The summed E-state index contributed by atoms with van der Waals surface area (Å²) in [4.78, 5) is 350. The topological polar surface area (TPSA) is 848 Å². The molecule has 4 fully saturated rings. The standard InChI is InChI=1S/C90H135N25O29/c1-10-44(6)72(89(142)113-28-12-15-61(113)84(137)101-47(9)75(128)105-58(37-70(122)123)81(134)103-53(24-26-66(93)118)78(131)110-60(90(143)144)32-43(4)5)111-83(136)54(31-42(2)3)107-77(130)52(23-25-65(92)117)102-80(133)57(36-68(95)120)104-73(126)45(7)99-69(121)40-97-76(129)56(34-49-39-96-41-98-49)108-82(135)59(38-71(124)125)106-74(127)46(8)100-79(132)55(33-48-19-21-50(116)22-20-48)109-85(138)62-16-11-27-112(62)87(140)64-18-14-30-115(64)88(141)63-17-13-29-114(63)86(139)51(91)35-67(94)119/h19-22,39,41-47,51-64,72,116H,10-18,23-38,40,91H2,1-9H3,(H2,92,117)(H2,93,118)(H2,94,119)(H2,95,120)(H,96,98)(H,97,129)(H,99,121)(H,100,132)(H,101,137)(H,102,133)(H,103,134)(H,104,126)(H,105,128)(H,106,127)(H,107,130)(H,108,135)(H,109,138)(H,110,131)(H,111,136)(H,122,123)(H,124,125)(H,143,144)/t44-,45-,46-,47-,51-,52-,53-,54-,55-,56-,57-,58-,59-,60-,61-,62-,63-,64-,72-/m0/s1. The number of rotatable bonds is 57. The maximum Gasteiger partial charge on any atom is 0.326 e. The van der Waals surface area contributed by atoms with E-state index in [-0.39, 0.29) is 101 Å². The molecule has 794 valence electrons. The van der Waals surface area contributed by atoms with Gasteiger partial charge in [0.1, 0.15) is 108 Å². The first-order chi connectivity index (χ1) is 67.7. The molecule has 2 aromatic rings. The van der Waals surface area contributed by atoms with Gasteiger partial charge < -0.3 is 148 Å². The van der Waals surface area contributed by atoms with Crippen molar-refractivity contribution in [2.75, 3.05) is 32.7 Å². The Morgan fingerprint density at radius 1 is 0.403 bits per heavy atom. The van der Waals surface area contributed by atoms with Crippen LogP contribution in [0.5, 0.6) is 5.75 Å². The molecule has 0 spiro atoms. The third-order valence-corrected chi connectivity index (χ3v) is 24.5. The minimum atomic E-state index is -2.02. The molecule has 4 aliphatic rings. The van der Waals surface area contributed by atoms with Crippen LogP contribution in [-0.2, 0) is 133 Å². The lowest BCUT2D eigenvalue weighted by Gasteiger charge is -2.34. The van der Waals surface area contributed by atoms with Crippen molar-refractivity contribution in [3.05, 3.63) is 48.0 Å². The first-order valence-electron chi connectivity index (χ1n) is 47.4. The molecule has 0 aliphatic carbocycles. The lowest BCUT2D eigenvalue weighted by Crippen LogP contribution is -2.61. The lowest BCUT2D eigenvalue weighted by atomic mass is 9.95. The van der Waals surface area contributed by atoms with Crippen molar-refractivity contribution in [2.24, 2.45) is 46.4 Å². The smallest absolute Gasteiger partial charge is 0.326 e. The van der Waals surface area contributed by atoms with Crippen molar-refractivity contribution < 1.29 is 140 Å². The summed E-state index contributed by atoms with van der Waals surface area (Å²) >= 11 is 0. The molecule has 144 heavy (non-hydrogen) atoms. The fourth-order valence-corrected chi connectivity index (χ4v) is 16.7. The molecule has 6 rings (SSSR count). The van der Waals surface area contributed by atoms with Crippen LogP contribution in [0.2, 0.25) is 0 Å². The average molecular weight is 2030 g/mol. The quantitative estimate of drug-likeness (QED) is 0.0292. The Balaban J connectivity index is 1.08. The van der Waals surface area contributed by atoms with E-state index >= 15 is 0 Å². The number of primary amides is 4. The number of benzene rings is 1. The van der Waals surface area contributed by atoms with Crippen LogP contribution in [0.25, 0.3) is 0 Å². The number of phenols is 1. The van der Waals surface area contributed by atoms with Gasteiger partial charge in [-0.3, -0.25) is 115 Å². The van der Waals surface area contributed by atoms with E-state index in [2.05, 4.69) is 84.4 Å². The normalized spacial score (nSPS) is 18.6. The number of H-pyrrole nitrogens is 1. The van der Waals surface area contributed by atoms with Crippen LogP contribution in [0.3, 0.4) is 0 Å². The second kappa shape index (κ2) is 56.0. The number of nitrogens with two attached hydrogens (primary N) is 5. The molecule has 0 unspecified atom stereocenters. The van der Waals surface area contributed by atoms with Crippen molar-refractivity contribution in [1.82, 2.24) is 104 Å². The highest BCUT2D eigenvalue weighted by Crippen LogP contribution is 2.31. The van der Waals surface area contributed by atoms with E-state index in [1.165, 1.54) is 58.4 Å². The molecule has 54 nitrogen and oxygen atoms in total. The Labute approximate surface area is 827 Å². The van der Waals surface area contributed by atoms with Crippen molar-refractivity contribution in [3.8, 4) is 5.75 Å². The fraction of sp³-hybridized carbons (Fsp3) is 0.622. The van der Waals surface area contributed by atoms with Crippen molar-refractivity contribution >= 4 is 148 Å². The van der Waals surface area contributed by atoms with Gasteiger partial charge in [-0.2, -0.15) is 0 Å². The van der Waals surface area contributed by atoms with Gasteiger partial charge in [-0.15, -0.1) is 0 Å². The zero-order valence-electron chi connectivity index (χ0n) is 81.6. The summed E-state index contributed by atoms with van der Waals surface area (Å²) in [6.07, 6.45) is -2.12. The molecule has 22 amide bonds. The first-order valence-corrected chi connectivity index (χ1v) is 47.4. The fourth-order valence-electron chi connectivity index (χ4n) is 16.7. The van der Waals surface area contributed by atoms with Crippen molar-refractivity contribution in [2.45, 2.75) is 306 Å². The van der Waals surface area contributed by atoms with Crippen LogP contribution in [0.4, 0.5) is 0 Å². The maximum atomic E-state index is 14.8. The zero-order chi connectivity index (χ0) is 108. The van der Waals surface area contributed by atoms with E-state index in [9.17, 15) is 140 Å². The van der Waals surface area contributed by atoms with Gasteiger partial charge in [-0.25, -0.2) is 9.78 Å². The molecule has 19 atom stereocenters. The number of aromatic nitrogens is 2. The average Bonchev–Trinajstić information content (AvgIpc) is 1.63. The number of amides is 22. The third-order valence-electron chi connectivity index (χ3n) is 24.5. The van der Waals surface area contributed by atoms with Crippen molar-refractivity contribution in [3.63, 3.8) is 0 Å². The largest absolute Gasteiger partial charge is 0.508 e. The predicted molar refractivity (Wildman–Crippen MR) is 501 cm³/mol. The molecule has 4 aliphatic heterocycles. The van der Waals surface area contributed by atoms with Gasteiger partial charge in [0.15, 0.2) is 0 Å². The number of nitrogens with one attached hydrogen (secondary N) is 15. The molecule has 0 radical (unpaired) electrons. The van der Waals surface area contributed by atoms with Crippen LogP contribution < -0.4 is 103 Å². The van der Waals surface area contributed by atoms with Crippen LogP contribution in [-0.4, -0.2) is 339 Å². The molecule has 4 saturated heterocycles. The van der Waals surface area contributed by atoms with Gasteiger partial charge in [0.25, 0.3) is 0 Å². The van der Waals surface area contributed by atoms with E-state index in [0.29, 0.717) is 24.8 Å². The molecular formula is C90H135N25O29. The number of phenolic OH excluding ortho intramolecular Hbond substituents is 1. The van der Waals surface area contributed by atoms with E-state index in [4.69, 9.17) is 28.7 Å². The first kappa shape index (κ1) is 118. The van der Waals surface area contributed by atoms with Gasteiger partial charge in [0.05, 0.1) is 44.6 Å². The molecule has 0 bridgehead atoms. The number of hydrogen-bond acceptors (Lipinski definition) is 28. The minimum absolute atomic E-state index is 0.0119. The number of carbonyl (C=O) groups excluding carboxylic acids is 22. The van der Waals surface area contributed by atoms with Gasteiger partial charge in [-0.1, -0.05) is 60.1 Å². The number of carboxylic acid groups (broad SMARTS) is 3. The molecule has 1 aromatic heterocycles. The number of likely N-dealkylation sites (tertiary alicyclic amines) is 4. The molecule has 0 saturated carbocycles. The van der Waals surface area contributed by atoms with Gasteiger partial charge in [0, 0.05) is 63.8 Å². The SMILES string of the molecule is CC[C@H](C)[C@H](NC(=O)[C@H](CC(C)C)NC(=O)[C@H](CCC(N)=O)NC(=O)[C@H](CC(N)=O)NC(=O)[C@H](C)NC(=O)CNC(=O)[C@H](Cc1cnc[nH]1)NC(=O)[C@H](CC(=O)O)NC(=O)[C@H](C)NC(=O)[C@H](Cc1ccc(O)cc1)NC(=O)[C@@H]1CCCN1C(=O)[C@@H]1CCCN1C(=O)[C@@H]1CCCN1C(=O)[C@@H](N)CC(N)=O)C(=O)N1CCC[C@H]1C(=O)N[C@@H](C)C(=O)N[C@@H](CC(=O)O)C(=O)N[C@@H](CCC(N)=O)C(=O)N[C@@H](CC(C)C)C(=O)O. The Kier molecular flexibility index (Phi) is 45.7. The van der Waals surface area contributed by atoms with Gasteiger partial charge >= 0.3 is 17.9 Å². The Hall–Kier alpha value is -15.1. The molecular weight excluding hydrogens is 1900 g/mol. The molecule has 29 N–H and O–H groups in total. The summed E-state index contributed by atoms with van der Waals surface area (Å²) in [5.41, 5.74) is 28.1. The summed E-state index contributed by atoms with van der Waals surface area (Å²) in [5, 5.41) is 72.8. The highest BCUT2D eigenvalue weighted by Gasteiger charge is 2.49.